The Morgan fingerprint density at radius 2 is 1.50 bits per heavy atom. The molecule has 0 aliphatic heterocycles. The fourth-order valence-corrected chi connectivity index (χ4v) is 7.50. The number of aromatic carboxylic acids is 1. The summed E-state index contributed by atoms with van der Waals surface area (Å²) in [5, 5.41) is 12.8. The van der Waals surface area contributed by atoms with E-state index in [1.54, 1.807) is 6.20 Å². The summed E-state index contributed by atoms with van der Waals surface area (Å²) >= 11 is 0. The van der Waals surface area contributed by atoms with Gasteiger partial charge in [0.2, 0.25) is 0 Å². The lowest BCUT2D eigenvalue weighted by Crippen LogP contribution is -2.14. The summed E-state index contributed by atoms with van der Waals surface area (Å²) in [6, 6.07) is 26.6. The molecule has 1 fully saturated rings. The first-order valence-electron chi connectivity index (χ1n) is 16.5. The molecule has 0 bridgehead atoms. The number of aromatic nitrogens is 6. The number of nitrogens with one attached hydrogen (secondary N) is 2. The van der Waals surface area contributed by atoms with Gasteiger partial charge in [0, 0.05) is 75.6 Å². The normalized spacial score (nSPS) is 13.9. The van der Waals surface area contributed by atoms with Gasteiger partial charge in [-0.2, -0.15) is 0 Å². The van der Waals surface area contributed by atoms with E-state index in [1.807, 2.05) is 79.4 Å². The summed E-state index contributed by atoms with van der Waals surface area (Å²) in [6.07, 6.45) is 14.9. The van der Waals surface area contributed by atoms with Crippen LogP contribution in [0.2, 0.25) is 0 Å². The molecule has 1 aliphatic carbocycles. The number of carboxylic acids is 1. The molecule has 5 heterocycles. The van der Waals surface area contributed by atoms with Crippen LogP contribution in [0, 0.1) is 0 Å². The van der Waals surface area contributed by atoms with Gasteiger partial charge in [0.05, 0.1) is 33.3 Å². The Kier molecular flexibility index (Phi) is 6.67. The predicted octanol–water partition coefficient (Wildman–Crippen LogP) is 9.66. The summed E-state index contributed by atoms with van der Waals surface area (Å²) in [7, 11) is 0. The number of nitrogens with zero attached hydrogens (tertiary/aromatic N) is 4. The van der Waals surface area contributed by atoms with Gasteiger partial charge >= 0.3 is 5.97 Å². The van der Waals surface area contributed by atoms with Crippen molar-refractivity contribution >= 4 is 38.8 Å². The van der Waals surface area contributed by atoms with E-state index in [-0.39, 0.29) is 11.6 Å². The van der Waals surface area contributed by atoms with Crippen molar-refractivity contribution in [3.63, 3.8) is 0 Å². The third kappa shape index (κ3) is 4.68. The second-order valence-corrected chi connectivity index (χ2v) is 12.7. The van der Waals surface area contributed by atoms with Crippen LogP contribution in [0.5, 0.6) is 0 Å². The van der Waals surface area contributed by atoms with Crippen LogP contribution < -0.4 is 0 Å². The number of carbonyl (C=O) groups is 1. The first-order chi connectivity index (χ1) is 23.6. The molecule has 9 rings (SSSR count). The Balaban J connectivity index is 1.34. The van der Waals surface area contributed by atoms with Crippen LogP contribution in [0.25, 0.3) is 77.7 Å². The van der Waals surface area contributed by atoms with Crippen LogP contribution in [0.4, 0.5) is 0 Å². The summed E-state index contributed by atoms with van der Waals surface area (Å²) in [5.74, 6) is -0.141. The van der Waals surface area contributed by atoms with Crippen LogP contribution in [0.15, 0.2) is 110 Å². The monoisotopic (exact) mass is 628 g/mol. The van der Waals surface area contributed by atoms with Crippen molar-refractivity contribution < 1.29 is 9.90 Å². The van der Waals surface area contributed by atoms with E-state index in [1.165, 1.54) is 6.42 Å². The third-order valence-electron chi connectivity index (χ3n) is 9.78. The highest BCUT2D eigenvalue weighted by atomic mass is 16.4. The summed E-state index contributed by atoms with van der Waals surface area (Å²) in [5.41, 5.74) is 9.50. The topological polar surface area (TPSA) is 112 Å². The van der Waals surface area contributed by atoms with Crippen molar-refractivity contribution in [3.8, 4) is 44.9 Å². The smallest absolute Gasteiger partial charge is 0.337 e. The molecular weight excluding hydrogens is 596 g/mol. The number of hydrogen-bond acceptors (Lipinski definition) is 4. The Bertz CT molecular complexity index is 2470. The second-order valence-electron chi connectivity index (χ2n) is 12.7. The molecule has 0 unspecified atom stereocenters. The summed E-state index contributed by atoms with van der Waals surface area (Å²) < 4.78 is 2.39. The number of imidazole rings is 1. The first-order valence-corrected chi connectivity index (χ1v) is 16.5. The van der Waals surface area contributed by atoms with Gasteiger partial charge < -0.3 is 19.6 Å². The number of rotatable bonds is 6. The number of pyridine rings is 2. The highest BCUT2D eigenvalue weighted by Gasteiger charge is 2.29. The summed E-state index contributed by atoms with van der Waals surface area (Å²) in [4.78, 5) is 34.4. The molecule has 0 spiro atoms. The van der Waals surface area contributed by atoms with Crippen molar-refractivity contribution in [3.05, 3.63) is 115 Å². The molecule has 0 atom stereocenters. The van der Waals surface area contributed by atoms with Crippen LogP contribution in [-0.2, 0) is 0 Å². The van der Waals surface area contributed by atoms with Gasteiger partial charge in [0.1, 0.15) is 5.82 Å². The minimum atomic E-state index is -0.988. The molecule has 8 aromatic rings. The molecule has 5 aromatic heterocycles. The van der Waals surface area contributed by atoms with Gasteiger partial charge in [-0.25, -0.2) is 14.8 Å². The molecule has 0 amide bonds. The summed E-state index contributed by atoms with van der Waals surface area (Å²) in [6.45, 7) is 0. The lowest BCUT2D eigenvalue weighted by molar-refractivity contribution is 0.0698. The minimum Gasteiger partial charge on any atom is -0.478 e. The van der Waals surface area contributed by atoms with Gasteiger partial charge in [-0.3, -0.25) is 4.98 Å². The van der Waals surface area contributed by atoms with E-state index < -0.39 is 5.97 Å². The maximum atomic E-state index is 13.3. The standard InChI is InChI=1S/C40H32N6O2/c47-40(48)37-31(28-14-17-41-22-28)21-35-38(36(37)26-9-11-32-24(19-26)5-4-16-43-32)45-39(46(35)30-6-2-1-3-7-30)27-10-13-33-25(20-27)8-12-34(44-33)29-15-18-42-23-29/h4-5,8-23,30,41-42H,1-3,6-7H2,(H,47,48). The van der Waals surface area contributed by atoms with Crippen LogP contribution >= 0.6 is 0 Å². The van der Waals surface area contributed by atoms with Gasteiger partial charge in [0.25, 0.3) is 0 Å². The predicted molar refractivity (Wildman–Crippen MR) is 190 cm³/mol. The van der Waals surface area contributed by atoms with E-state index in [9.17, 15) is 9.90 Å². The van der Waals surface area contributed by atoms with Crippen molar-refractivity contribution in [1.82, 2.24) is 29.5 Å². The van der Waals surface area contributed by atoms with E-state index in [0.29, 0.717) is 16.6 Å². The maximum absolute atomic E-state index is 13.3. The van der Waals surface area contributed by atoms with E-state index in [4.69, 9.17) is 9.97 Å². The minimum absolute atomic E-state index is 0.241. The van der Waals surface area contributed by atoms with Crippen LogP contribution in [0.1, 0.15) is 48.5 Å². The van der Waals surface area contributed by atoms with Gasteiger partial charge in [-0.1, -0.05) is 37.5 Å². The number of benzene rings is 3. The molecule has 234 valence electrons. The zero-order valence-corrected chi connectivity index (χ0v) is 26.1. The molecule has 1 aliphatic rings. The lowest BCUT2D eigenvalue weighted by Gasteiger charge is -2.26. The molecular formula is C40H32N6O2. The molecule has 8 heteroatoms. The van der Waals surface area contributed by atoms with Crippen molar-refractivity contribution in [2.75, 3.05) is 0 Å². The van der Waals surface area contributed by atoms with Gasteiger partial charge in [0.15, 0.2) is 0 Å². The average molecular weight is 629 g/mol. The molecule has 1 saturated carbocycles. The van der Waals surface area contributed by atoms with Crippen LogP contribution in [-0.4, -0.2) is 40.6 Å². The highest BCUT2D eigenvalue weighted by molar-refractivity contribution is 6.12. The average Bonchev–Trinajstić information content (AvgIpc) is 3.93. The Hall–Kier alpha value is -6.02. The van der Waals surface area contributed by atoms with Crippen LogP contribution in [0.3, 0.4) is 0 Å². The quantitative estimate of drug-likeness (QED) is 0.170. The number of hydrogen-bond donors (Lipinski definition) is 3. The molecule has 3 aromatic carbocycles. The largest absolute Gasteiger partial charge is 0.478 e. The lowest BCUT2D eigenvalue weighted by atomic mass is 9.90. The molecule has 3 N–H and O–H groups in total. The molecule has 8 nitrogen and oxygen atoms in total. The van der Waals surface area contributed by atoms with Gasteiger partial charge in [-0.05, 0) is 79.1 Å². The zero-order valence-electron chi connectivity index (χ0n) is 26.1. The maximum Gasteiger partial charge on any atom is 0.337 e. The fourth-order valence-electron chi connectivity index (χ4n) is 7.50. The molecule has 0 radical (unpaired) electrons. The van der Waals surface area contributed by atoms with Crippen molar-refractivity contribution in [2.24, 2.45) is 0 Å². The number of carboxylic acid groups (broad SMARTS) is 1. The molecule has 48 heavy (non-hydrogen) atoms. The van der Waals surface area contributed by atoms with E-state index in [2.05, 4.69) is 43.8 Å². The Labute approximate surface area is 276 Å². The highest BCUT2D eigenvalue weighted by Crippen LogP contribution is 2.44. The van der Waals surface area contributed by atoms with Crippen molar-refractivity contribution in [1.29, 1.82) is 0 Å². The van der Waals surface area contributed by atoms with E-state index >= 15 is 0 Å². The fraction of sp³-hybridized carbons (Fsp3) is 0.150. The van der Waals surface area contributed by atoms with Gasteiger partial charge in [-0.15, -0.1) is 0 Å². The Morgan fingerprint density at radius 1 is 0.750 bits per heavy atom. The number of fused-ring (bicyclic) bond motifs is 3. The van der Waals surface area contributed by atoms with E-state index in [0.717, 1.165) is 86.8 Å². The number of aromatic amines is 2. The second kappa shape index (κ2) is 11.3. The Morgan fingerprint density at radius 3 is 2.29 bits per heavy atom. The first kappa shape index (κ1) is 28.2. The SMILES string of the molecule is O=C(O)c1c(-c2cc[nH]c2)cc2c(nc(-c3ccc4nc(-c5cc[nH]c5)ccc4c3)n2C2CCCCC2)c1-c1ccc2ncccc2c1. The molecule has 0 saturated heterocycles. The number of H-pyrrole nitrogens is 2. The zero-order chi connectivity index (χ0) is 32.2. The van der Waals surface area contributed by atoms with Crippen molar-refractivity contribution in [2.45, 2.75) is 38.1 Å². The third-order valence-corrected chi connectivity index (χ3v) is 9.78.